The highest BCUT2D eigenvalue weighted by atomic mass is 35.5. The zero-order chi connectivity index (χ0) is 15.5. The molecule has 1 aromatic rings. The number of halogens is 1. The van der Waals surface area contributed by atoms with Gasteiger partial charge in [-0.05, 0) is 32.0 Å². The number of piperidine rings is 1. The van der Waals surface area contributed by atoms with E-state index in [4.69, 9.17) is 0 Å². The second-order valence-corrected chi connectivity index (χ2v) is 7.21. The van der Waals surface area contributed by atoms with Gasteiger partial charge in [0.05, 0.1) is 4.90 Å². The van der Waals surface area contributed by atoms with Gasteiger partial charge in [-0.15, -0.1) is 12.4 Å². The third kappa shape index (κ3) is 4.07. The minimum absolute atomic E-state index is 0. The van der Waals surface area contributed by atoms with Crippen LogP contribution in [0.1, 0.15) is 36.5 Å². The maximum absolute atomic E-state index is 12.6. The fourth-order valence-corrected chi connectivity index (χ4v) is 4.08. The molecule has 124 valence electrons. The molecular formula is C15H23ClN2O3S. The number of hydrogen-bond acceptors (Lipinski definition) is 4. The molecule has 1 heterocycles. The molecule has 0 radical (unpaired) electrons. The van der Waals surface area contributed by atoms with Crippen LogP contribution in [0.3, 0.4) is 0 Å². The van der Waals surface area contributed by atoms with Crippen LogP contribution in [0.25, 0.3) is 0 Å². The van der Waals surface area contributed by atoms with Crippen LogP contribution in [-0.2, 0) is 10.0 Å². The van der Waals surface area contributed by atoms with Gasteiger partial charge >= 0.3 is 0 Å². The summed E-state index contributed by atoms with van der Waals surface area (Å²) in [5.74, 6) is -0.0408. The molecule has 0 bridgehead atoms. The van der Waals surface area contributed by atoms with Crippen LogP contribution in [-0.4, -0.2) is 44.7 Å². The van der Waals surface area contributed by atoms with Crippen LogP contribution in [0.15, 0.2) is 29.2 Å². The molecule has 0 spiro atoms. The highest BCUT2D eigenvalue weighted by molar-refractivity contribution is 7.89. The number of ketones is 1. The highest BCUT2D eigenvalue weighted by Gasteiger charge is 2.29. The summed E-state index contributed by atoms with van der Waals surface area (Å²) in [5.41, 5.74) is 0.462. The van der Waals surface area contributed by atoms with Crippen molar-refractivity contribution in [3.63, 3.8) is 0 Å². The lowest BCUT2D eigenvalue weighted by molar-refractivity contribution is 0.0988. The minimum Gasteiger partial charge on any atom is -0.317 e. The Kier molecular flexibility index (Phi) is 6.99. The van der Waals surface area contributed by atoms with Gasteiger partial charge in [0.15, 0.2) is 5.78 Å². The Morgan fingerprint density at radius 1 is 1.32 bits per heavy atom. The fourth-order valence-electron chi connectivity index (χ4n) is 2.57. The third-order valence-electron chi connectivity index (χ3n) is 3.98. The molecule has 1 aliphatic rings. The van der Waals surface area contributed by atoms with E-state index in [9.17, 15) is 13.2 Å². The van der Waals surface area contributed by atoms with E-state index < -0.39 is 10.0 Å². The number of hydrogen-bond donors (Lipinski definition) is 1. The Bertz CT molecular complexity index is 611. The van der Waals surface area contributed by atoms with Crippen molar-refractivity contribution in [1.82, 2.24) is 9.62 Å². The monoisotopic (exact) mass is 346 g/mol. The lowest BCUT2D eigenvalue weighted by atomic mass is 10.1. The summed E-state index contributed by atoms with van der Waals surface area (Å²) < 4.78 is 26.8. The van der Waals surface area contributed by atoms with Crippen LogP contribution in [0.5, 0.6) is 0 Å². The van der Waals surface area contributed by atoms with Crippen molar-refractivity contribution < 1.29 is 13.2 Å². The van der Waals surface area contributed by atoms with E-state index in [1.54, 1.807) is 25.1 Å². The fraction of sp³-hybridized carbons (Fsp3) is 0.533. The minimum atomic E-state index is -3.50. The molecule has 0 aliphatic carbocycles. The first-order valence-corrected chi connectivity index (χ1v) is 8.73. The first-order chi connectivity index (χ1) is 9.98. The Morgan fingerprint density at radius 2 is 1.95 bits per heavy atom. The predicted molar refractivity (Wildman–Crippen MR) is 89.2 cm³/mol. The van der Waals surface area contributed by atoms with Crippen molar-refractivity contribution >= 4 is 28.2 Å². The molecule has 0 amide bonds. The smallest absolute Gasteiger partial charge is 0.243 e. The molecular weight excluding hydrogens is 324 g/mol. The van der Waals surface area contributed by atoms with Crippen LogP contribution in [0.4, 0.5) is 0 Å². The molecule has 0 atom stereocenters. The summed E-state index contributed by atoms with van der Waals surface area (Å²) in [6, 6.07) is 6.73. The van der Waals surface area contributed by atoms with Gasteiger partial charge in [0.2, 0.25) is 10.0 Å². The number of nitrogens with one attached hydrogen (secondary N) is 1. The molecule has 0 saturated carbocycles. The van der Waals surface area contributed by atoms with Crippen molar-refractivity contribution in [3.8, 4) is 0 Å². The molecule has 1 fully saturated rings. The maximum atomic E-state index is 12.6. The summed E-state index contributed by atoms with van der Waals surface area (Å²) in [7, 11) is -1.61. The van der Waals surface area contributed by atoms with Gasteiger partial charge in [0.1, 0.15) is 0 Å². The number of sulfonamides is 1. The molecule has 1 saturated heterocycles. The van der Waals surface area contributed by atoms with E-state index in [0.29, 0.717) is 31.1 Å². The van der Waals surface area contributed by atoms with Gasteiger partial charge < -0.3 is 5.32 Å². The Hall–Kier alpha value is -0.950. The predicted octanol–water partition coefficient (Wildman–Crippen LogP) is 2.07. The standard InChI is InChI=1S/C15H22N2O3S.ClH/c1-3-15(18)12-5-4-6-14(11-12)21(19,20)17-9-7-13(16-2)8-10-17;/h4-6,11,13,16H,3,7-10H2,1-2H3;1H. The number of nitrogens with zero attached hydrogens (tertiary/aromatic N) is 1. The maximum Gasteiger partial charge on any atom is 0.243 e. The molecule has 7 heteroatoms. The number of Topliss-reactive ketones (excluding diaryl/α,β-unsaturated/α-hetero) is 1. The van der Waals surface area contributed by atoms with E-state index in [1.165, 1.54) is 10.4 Å². The van der Waals surface area contributed by atoms with Crippen molar-refractivity contribution in [1.29, 1.82) is 0 Å². The Balaban J connectivity index is 0.00000242. The van der Waals surface area contributed by atoms with Gasteiger partial charge in [-0.1, -0.05) is 19.1 Å². The SMILES string of the molecule is CCC(=O)c1cccc(S(=O)(=O)N2CCC(NC)CC2)c1.Cl. The molecule has 0 aromatic heterocycles. The van der Waals surface area contributed by atoms with Crippen molar-refractivity contribution in [2.24, 2.45) is 0 Å². The van der Waals surface area contributed by atoms with E-state index in [0.717, 1.165) is 12.8 Å². The van der Waals surface area contributed by atoms with Crippen molar-refractivity contribution in [2.75, 3.05) is 20.1 Å². The zero-order valence-corrected chi connectivity index (χ0v) is 14.5. The quantitative estimate of drug-likeness (QED) is 0.829. The summed E-state index contributed by atoms with van der Waals surface area (Å²) in [4.78, 5) is 11.9. The Labute approximate surface area is 138 Å². The molecule has 1 N–H and O–H groups in total. The first-order valence-electron chi connectivity index (χ1n) is 7.29. The second-order valence-electron chi connectivity index (χ2n) is 5.27. The number of benzene rings is 1. The van der Waals surface area contributed by atoms with Crippen LogP contribution >= 0.6 is 12.4 Å². The van der Waals surface area contributed by atoms with Crippen molar-refractivity contribution in [2.45, 2.75) is 37.1 Å². The van der Waals surface area contributed by atoms with Gasteiger partial charge in [-0.3, -0.25) is 4.79 Å². The number of carbonyl (C=O) groups is 1. The van der Waals surface area contributed by atoms with Gasteiger partial charge in [-0.2, -0.15) is 4.31 Å². The molecule has 1 aliphatic heterocycles. The number of rotatable bonds is 5. The normalized spacial score (nSPS) is 17.0. The van der Waals surface area contributed by atoms with Gasteiger partial charge in [0, 0.05) is 31.1 Å². The van der Waals surface area contributed by atoms with Crippen molar-refractivity contribution in [3.05, 3.63) is 29.8 Å². The lowest BCUT2D eigenvalue weighted by Gasteiger charge is -2.31. The summed E-state index contributed by atoms with van der Waals surface area (Å²) >= 11 is 0. The van der Waals surface area contributed by atoms with E-state index in [-0.39, 0.29) is 23.1 Å². The Morgan fingerprint density at radius 3 is 2.50 bits per heavy atom. The molecule has 0 unspecified atom stereocenters. The molecule has 2 rings (SSSR count). The van der Waals surface area contributed by atoms with Gasteiger partial charge in [0.25, 0.3) is 0 Å². The van der Waals surface area contributed by atoms with Gasteiger partial charge in [-0.25, -0.2) is 8.42 Å². The lowest BCUT2D eigenvalue weighted by Crippen LogP contribution is -2.43. The second kappa shape index (κ2) is 8.06. The summed E-state index contributed by atoms with van der Waals surface area (Å²) in [6.45, 7) is 2.80. The largest absolute Gasteiger partial charge is 0.317 e. The average molecular weight is 347 g/mol. The summed E-state index contributed by atoms with van der Waals surface area (Å²) in [5, 5.41) is 3.18. The molecule has 5 nitrogen and oxygen atoms in total. The third-order valence-corrected chi connectivity index (χ3v) is 5.87. The highest BCUT2D eigenvalue weighted by Crippen LogP contribution is 2.22. The average Bonchev–Trinajstić information content (AvgIpc) is 2.54. The molecule has 1 aromatic carbocycles. The topological polar surface area (TPSA) is 66.5 Å². The molecule has 22 heavy (non-hydrogen) atoms. The van der Waals surface area contributed by atoms with E-state index >= 15 is 0 Å². The zero-order valence-electron chi connectivity index (χ0n) is 12.9. The number of carbonyl (C=O) groups excluding carboxylic acids is 1. The van der Waals surface area contributed by atoms with Crippen LogP contribution < -0.4 is 5.32 Å². The van der Waals surface area contributed by atoms with Crippen LogP contribution in [0, 0.1) is 0 Å². The van der Waals surface area contributed by atoms with E-state index in [2.05, 4.69) is 5.32 Å². The summed E-state index contributed by atoms with van der Waals surface area (Å²) in [6.07, 6.45) is 1.99. The first kappa shape index (κ1) is 19.1. The van der Waals surface area contributed by atoms with Crippen LogP contribution in [0.2, 0.25) is 0 Å². The van der Waals surface area contributed by atoms with E-state index in [1.807, 2.05) is 7.05 Å².